The highest BCUT2D eigenvalue weighted by atomic mass is 32.2. The number of benzene rings is 3. The summed E-state index contributed by atoms with van der Waals surface area (Å²) >= 11 is 1.49. The van der Waals surface area contributed by atoms with Gasteiger partial charge in [-0.25, -0.2) is 9.07 Å². The summed E-state index contributed by atoms with van der Waals surface area (Å²) in [5, 5.41) is 4.90. The number of halogens is 1. The summed E-state index contributed by atoms with van der Waals surface area (Å²) < 4.78 is 15.9. The summed E-state index contributed by atoms with van der Waals surface area (Å²) in [7, 11) is 0. The normalized spacial score (nSPS) is 17.7. The van der Waals surface area contributed by atoms with Crippen molar-refractivity contribution in [2.45, 2.75) is 38.9 Å². The summed E-state index contributed by atoms with van der Waals surface area (Å²) in [6.07, 6.45) is 1.93. The molecule has 0 bridgehead atoms. The van der Waals surface area contributed by atoms with Crippen molar-refractivity contribution in [3.05, 3.63) is 101 Å². The van der Waals surface area contributed by atoms with Crippen molar-refractivity contribution in [3.63, 3.8) is 0 Å². The molecule has 1 atom stereocenters. The molecule has 0 saturated carbocycles. The molecule has 6 nitrogen and oxygen atoms in total. The number of hydrogen-bond donors (Lipinski definition) is 0. The number of nitrogens with zero attached hydrogens (tertiary/aromatic N) is 4. The average Bonchev–Trinajstić information content (AvgIpc) is 3.32. The number of carbonyl (C=O) groups is 2. The minimum Gasteiger partial charge on any atom is -0.341 e. The van der Waals surface area contributed by atoms with Crippen LogP contribution in [0.4, 0.5) is 10.2 Å². The van der Waals surface area contributed by atoms with E-state index in [1.807, 2.05) is 52.0 Å². The lowest BCUT2D eigenvalue weighted by atomic mass is 9.99. The first-order valence-corrected chi connectivity index (χ1v) is 15.6. The molecule has 2 amide bonds. The molecular weight excluding hydrogens is 547 g/mol. The molecule has 3 aromatic carbocycles. The van der Waals surface area contributed by atoms with Crippen LogP contribution in [0.2, 0.25) is 0 Å². The summed E-state index contributed by atoms with van der Waals surface area (Å²) in [5.41, 5.74) is 6.39. The lowest BCUT2D eigenvalue weighted by molar-refractivity contribution is -0.132. The van der Waals surface area contributed by atoms with Crippen molar-refractivity contribution in [1.29, 1.82) is 0 Å². The third kappa shape index (κ3) is 5.36. The number of likely N-dealkylation sites (tertiary alicyclic amines) is 1. The topological polar surface area (TPSA) is 58.4 Å². The predicted octanol–water partition coefficient (Wildman–Crippen LogP) is 6.72. The number of rotatable bonds is 5. The SMILES string of the molecule is Cc1cccc(-n2nc(-c3ccccc3)c3c2N(CC(=O)N2CCC(C)CC2)C(=O)CS[C@H]3c2ccc(F)cc2)c1C. The second-order valence-electron chi connectivity index (χ2n) is 11.4. The summed E-state index contributed by atoms with van der Waals surface area (Å²) in [4.78, 5) is 31.3. The first-order valence-electron chi connectivity index (χ1n) is 14.5. The van der Waals surface area contributed by atoms with Gasteiger partial charge in [0.25, 0.3) is 0 Å². The molecule has 0 spiro atoms. The van der Waals surface area contributed by atoms with Gasteiger partial charge in [0.1, 0.15) is 18.2 Å². The average molecular weight is 583 g/mol. The Morgan fingerprint density at radius 3 is 2.40 bits per heavy atom. The second-order valence-corrected chi connectivity index (χ2v) is 12.5. The van der Waals surface area contributed by atoms with Crippen LogP contribution in [0.1, 0.15) is 47.3 Å². The van der Waals surface area contributed by atoms with Gasteiger partial charge >= 0.3 is 0 Å². The maximum absolute atomic E-state index is 14.0. The molecule has 6 rings (SSSR count). The van der Waals surface area contributed by atoms with E-state index < -0.39 is 0 Å². The van der Waals surface area contributed by atoms with Crippen LogP contribution in [0.25, 0.3) is 16.9 Å². The van der Waals surface area contributed by atoms with E-state index >= 15 is 0 Å². The monoisotopic (exact) mass is 582 g/mol. The van der Waals surface area contributed by atoms with Crippen molar-refractivity contribution >= 4 is 29.4 Å². The molecule has 1 saturated heterocycles. The van der Waals surface area contributed by atoms with Crippen LogP contribution in [-0.2, 0) is 9.59 Å². The van der Waals surface area contributed by atoms with E-state index in [-0.39, 0.29) is 35.2 Å². The summed E-state index contributed by atoms with van der Waals surface area (Å²) in [6.45, 7) is 7.67. The Morgan fingerprint density at radius 2 is 1.69 bits per heavy atom. The lowest BCUT2D eigenvalue weighted by Crippen LogP contribution is -2.46. The second kappa shape index (κ2) is 11.8. The number of piperidine rings is 1. The lowest BCUT2D eigenvalue weighted by Gasteiger charge is -2.32. The highest BCUT2D eigenvalue weighted by Crippen LogP contribution is 2.48. The van der Waals surface area contributed by atoms with E-state index in [1.54, 1.807) is 17.0 Å². The molecule has 3 heterocycles. The highest BCUT2D eigenvalue weighted by molar-refractivity contribution is 8.00. The maximum Gasteiger partial charge on any atom is 0.242 e. The van der Waals surface area contributed by atoms with Gasteiger partial charge in [-0.3, -0.25) is 14.5 Å². The van der Waals surface area contributed by atoms with Crippen molar-refractivity contribution in [2.75, 3.05) is 30.3 Å². The van der Waals surface area contributed by atoms with Crippen molar-refractivity contribution in [3.8, 4) is 16.9 Å². The molecule has 2 aliphatic heterocycles. The van der Waals surface area contributed by atoms with Gasteiger partial charge in [-0.2, -0.15) is 5.10 Å². The van der Waals surface area contributed by atoms with E-state index in [1.165, 1.54) is 23.9 Å². The number of aromatic nitrogens is 2. The Hall–Kier alpha value is -3.91. The highest BCUT2D eigenvalue weighted by Gasteiger charge is 2.38. The van der Waals surface area contributed by atoms with Gasteiger partial charge < -0.3 is 4.90 Å². The molecule has 1 fully saturated rings. The van der Waals surface area contributed by atoms with Crippen molar-refractivity contribution < 1.29 is 14.0 Å². The number of aryl methyl sites for hydroxylation is 1. The molecule has 0 N–H and O–H groups in total. The first kappa shape index (κ1) is 28.2. The fourth-order valence-electron chi connectivity index (χ4n) is 5.86. The molecule has 0 radical (unpaired) electrons. The molecular formula is C34H35FN4O2S. The van der Waals surface area contributed by atoms with Crippen LogP contribution in [-0.4, -0.2) is 51.9 Å². The third-order valence-electron chi connectivity index (χ3n) is 8.54. The van der Waals surface area contributed by atoms with E-state index in [4.69, 9.17) is 5.10 Å². The van der Waals surface area contributed by atoms with Gasteiger partial charge in [-0.1, -0.05) is 61.5 Å². The Balaban J connectivity index is 1.58. The van der Waals surface area contributed by atoms with Gasteiger partial charge in [0, 0.05) is 24.2 Å². The van der Waals surface area contributed by atoms with Crippen molar-refractivity contribution in [2.24, 2.45) is 5.92 Å². The zero-order valence-corrected chi connectivity index (χ0v) is 25.0. The minimum atomic E-state index is -0.314. The largest absolute Gasteiger partial charge is 0.341 e. The summed E-state index contributed by atoms with van der Waals surface area (Å²) in [5.74, 6) is 0.864. The van der Waals surface area contributed by atoms with Gasteiger partial charge in [0.05, 0.1) is 22.4 Å². The molecule has 0 unspecified atom stereocenters. The molecule has 4 aromatic rings. The molecule has 216 valence electrons. The third-order valence-corrected chi connectivity index (χ3v) is 9.80. The van der Waals surface area contributed by atoms with Gasteiger partial charge in [0.15, 0.2) is 0 Å². The number of thioether (sulfide) groups is 1. The van der Waals surface area contributed by atoms with E-state index in [0.717, 1.165) is 52.0 Å². The van der Waals surface area contributed by atoms with Crippen LogP contribution in [0, 0.1) is 25.6 Å². The molecule has 2 aliphatic rings. The molecule has 42 heavy (non-hydrogen) atoms. The Morgan fingerprint density at radius 1 is 0.976 bits per heavy atom. The fraction of sp³-hybridized carbons (Fsp3) is 0.324. The first-order chi connectivity index (χ1) is 20.3. The molecule has 0 aliphatic carbocycles. The van der Waals surface area contributed by atoms with E-state index in [9.17, 15) is 14.0 Å². The van der Waals surface area contributed by atoms with Gasteiger partial charge in [-0.15, -0.1) is 11.8 Å². The zero-order valence-electron chi connectivity index (χ0n) is 24.2. The van der Waals surface area contributed by atoms with Crippen LogP contribution in [0.15, 0.2) is 72.8 Å². The number of anilines is 1. The molecule has 8 heteroatoms. The predicted molar refractivity (Wildman–Crippen MR) is 167 cm³/mol. The maximum atomic E-state index is 14.0. The summed E-state index contributed by atoms with van der Waals surface area (Å²) in [6, 6.07) is 22.5. The van der Waals surface area contributed by atoms with Crippen LogP contribution < -0.4 is 4.90 Å². The standard InChI is InChI=1S/C34H35FN4O2S/c1-22-16-18-37(19-17-22)29(40)20-38-30(41)21-42-33(26-12-14-27(35)15-13-26)31-32(25-9-5-4-6-10-25)36-39(34(31)38)28-11-7-8-23(2)24(28)3/h4-15,22,33H,16-21H2,1-3H3/t33-/m0/s1. The molecule has 1 aromatic heterocycles. The smallest absolute Gasteiger partial charge is 0.242 e. The minimum absolute atomic E-state index is 0.0539. The van der Waals surface area contributed by atoms with Crippen LogP contribution >= 0.6 is 11.8 Å². The number of hydrogen-bond acceptors (Lipinski definition) is 4. The van der Waals surface area contributed by atoms with Crippen LogP contribution in [0.5, 0.6) is 0 Å². The quantitative estimate of drug-likeness (QED) is 0.262. The van der Waals surface area contributed by atoms with Crippen LogP contribution in [0.3, 0.4) is 0 Å². The Bertz CT molecular complexity index is 1610. The van der Waals surface area contributed by atoms with Gasteiger partial charge in [0.2, 0.25) is 11.8 Å². The number of fused-ring (bicyclic) bond motifs is 1. The Labute approximate surface area is 250 Å². The fourth-order valence-corrected chi connectivity index (χ4v) is 7.05. The number of carbonyl (C=O) groups excluding carboxylic acids is 2. The number of amides is 2. The Kier molecular flexibility index (Phi) is 7.90. The van der Waals surface area contributed by atoms with Gasteiger partial charge in [-0.05, 0) is 67.5 Å². The zero-order chi connectivity index (χ0) is 29.4. The van der Waals surface area contributed by atoms with Crippen molar-refractivity contribution in [1.82, 2.24) is 14.7 Å². The van der Waals surface area contributed by atoms with E-state index in [0.29, 0.717) is 24.8 Å². The van der Waals surface area contributed by atoms with E-state index in [2.05, 4.69) is 26.8 Å².